The highest BCUT2D eigenvalue weighted by Gasteiger charge is 2.16. The van der Waals surface area contributed by atoms with Crippen molar-refractivity contribution in [2.45, 2.75) is 45.2 Å². The zero-order valence-electron chi connectivity index (χ0n) is 14.2. The smallest absolute Gasteiger partial charge is 0.191 e. The van der Waals surface area contributed by atoms with Gasteiger partial charge in [-0.25, -0.2) is 9.37 Å². The van der Waals surface area contributed by atoms with E-state index in [1.807, 2.05) is 13.0 Å². The summed E-state index contributed by atoms with van der Waals surface area (Å²) in [5.41, 5.74) is 1.39. The van der Waals surface area contributed by atoms with E-state index in [4.69, 9.17) is 0 Å². The summed E-state index contributed by atoms with van der Waals surface area (Å²) in [6.45, 7) is 2.39. The van der Waals surface area contributed by atoms with Gasteiger partial charge in [-0.1, -0.05) is 18.9 Å². The zero-order valence-corrected chi connectivity index (χ0v) is 14.2. The molecular formula is C18H24FN5. The van der Waals surface area contributed by atoms with Crippen molar-refractivity contribution in [3.05, 3.63) is 47.8 Å². The lowest BCUT2D eigenvalue weighted by Gasteiger charge is -2.17. The van der Waals surface area contributed by atoms with E-state index in [1.54, 1.807) is 36.1 Å². The van der Waals surface area contributed by atoms with Crippen LogP contribution in [0.4, 0.5) is 4.39 Å². The third-order valence-corrected chi connectivity index (χ3v) is 4.48. The Morgan fingerprint density at radius 3 is 2.79 bits per heavy atom. The number of halogens is 1. The van der Waals surface area contributed by atoms with Gasteiger partial charge in [0.1, 0.15) is 11.6 Å². The lowest BCUT2D eigenvalue weighted by atomic mass is 10.2. The Kier molecular flexibility index (Phi) is 5.13. The molecule has 0 aliphatic heterocycles. The lowest BCUT2D eigenvalue weighted by Crippen LogP contribution is -2.41. The molecule has 24 heavy (non-hydrogen) atoms. The summed E-state index contributed by atoms with van der Waals surface area (Å²) in [5.74, 6) is 1.28. The molecule has 5 nitrogen and oxygen atoms in total. The van der Waals surface area contributed by atoms with Crippen molar-refractivity contribution in [2.75, 3.05) is 7.05 Å². The maximum atomic E-state index is 14.4. The molecule has 0 atom stereocenters. The molecule has 0 amide bonds. The Bertz CT molecular complexity index is 716. The SMILES string of the molecule is CN=C(NCc1ccc(-n2ccnc2C)c(F)c1)NC1CCCC1. The fraction of sp³-hybridized carbons (Fsp3) is 0.444. The van der Waals surface area contributed by atoms with Crippen LogP contribution in [0.2, 0.25) is 0 Å². The number of benzene rings is 1. The number of guanidine groups is 1. The van der Waals surface area contributed by atoms with Crippen molar-refractivity contribution in [3.63, 3.8) is 0 Å². The second-order valence-corrected chi connectivity index (χ2v) is 6.18. The molecule has 0 unspecified atom stereocenters. The number of hydrogen-bond acceptors (Lipinski definition) is 2. The maximum Gasteiger partial charge on any atom is 0.191 e. The van der Waals surface area contributed by atoms with E-state index in [-0.39, 0.29) is 5.82 Å². The minimum absolute atomic E-state index is 0.255. The van der Waals surface area contributed by atoms with E-state index >= 15 is 0 Å². The van der Waals surface area contributed by atoms with Crippen molar-refractivity contribution < 1.29 is 4.39 Å². The van der Waals surface area contributed by atoms with Gasteiger partial charge in [0.15, 0.2) is 5.96 Å². The van der Waals surface area contributed by atoms with E-state index in [2.05, 4.69) is 20.6 Å². The Balaban J connectivity index is 1.63. The van der Waals surface area contributed by atoms with Gasteiger partial charge >= 0.3 is 0 Å². The molecule has 2 aromatic rings. The summed E-state index contributed by atoms with van der Waals surface area (Å²) < 4.78 is 16.1. The van der Waals surface area contributed by atoms with E-state index < -0.39 is 0 Å². The number of aryl methyl sites for hydroxylation is 1. The van der Waals surface area contributed by atoms with Gasteiger partial charge in [0.05, 0.1) is 5.69 Å². The Morgan fingerprint density at radius 2 is 2.17 bits per heavy atom. The van der Waals surface area contributed by atoms with Crippen LogP contribution in [0, 0.1) is 12.7 Å². The van der Waals surface area contributed by atoms with Gasteiger partial charge in [0.2, 0.25) is 0 Å². The third-order valence-electron chi connectivity index (χ3n) is 4.48. The molecule has 1 aromatic carbocycles. The van der Waals surface area contributed by atoms with Crippen molar-refractivity contribution >= 4 is 5.96 Å². The van der Waals surface area contributed by atoms with Gasteiger partial charge in [0.25, 0.3) is 0 Å². The Morgan fingerprint density at radius 1 is 1.38 bits per heavy atom. The number of aromatic nitrogens is 2. The molecule has 0 spiro atoms. The number of nitrogens with one attached hydrogen (secondary N) is 2. The van der Waals surface area contributed by atoms with E-state index in [9.17, 15) is 4.39 Å². The maximum absolute atomic E-state index is 14.4. The van der Waals surface area contributed by atoms with Gasteiger partial charge in [-0.05, 0) is 37.5 Å². The first-order valence-corrected chi connectivity index (χ1v) is 8.43. The van der Waals surface area contributed by atoms with Crippen LogP contribution < -0.4 is 10.6 Å². The highest BCUT2D eigenvalue weighted by molar-refractivity contribution is 5.80. The highest BCUT2D eigenvalue weighted by Crippen LogP contribution is 2.18. The second-order valence-electron chi connectivity index (χ2n) is 6.18. The quantitative estimate of drug-likeness (QED) is 0.670. The number of nitrogens with zero attached hydrogens (tertiary/aromatic N) is 3. The molecule has 1 heterocycles. The van der Waals surface area contributed by atoms with Crippen LogP contribution >= 0.6 is 0 Å². The van der Waals surface area contributed by atoms with E-state index in [1.165, 1.54) is 25.7 Å². The van der Waals surface area contributed by atoms with Crippen LogP contribution in [0.5, 0.6) is 0 Å². The number of imidazole rings is 1. The van der Waals surface area contributed by atoms with Crippen molar-refractivity contribution in [1.29, 1.82) is 0 Å². The molecule has 2 N–H and O–H groups in total. The van der Waals surface area contributed by atoms with Gasteiger partial charge < -0.3 is 15.2 Å². The van der Waals surface area contributed by atoms with Gasteiger partial charge in [-0.15, -0.1) is 0 Å². The molecule has 3 rings (SSSR count). The second kappa shape index (κ2) is 7.47. The van der Waals surface area contributed by atoms with Crippen LogP contribution in [-0.2, 0) is 6.54 Å². The monoisotopic (exact) mass is 329 g/mol. The molecule has 1 aliphatic rings. The highest BCUT2D eigenvalue weighted by atomic mass is 19.1. The van der Waals surface area contributed by atoms with Crippen LogP contribution in [0.25, 0.3) is 5.69 Å². The number of rotatable bonds is 4. The lowest BCUT2D eigenvalue weighted by molar-refractivity contribution is 0.607. The first kappa shape index (κ1) is 16.5. The largest absolute Gasteiger partial charge is 0.354 e. The first-order chi connectivity index (χ1) is 11.7. The average molecular weight is 329 g/mol. The van der Waals surface area contributed by atoms with Gasteiger partial charge in [-0.3, -0.25) is 4.99 Å². The standard InChI is InChI=1S/C18H24FN5/c1-13-21-9-10-24(13)17-8-7-14(11-16(17)19)12-22-18(20-2)23-15-5-3-4-6-15/h7-11,15H,3-6,12H2,1-2H3,(H2,20,22,23). The normalized spacial score (nSPS) is 15.7. The predicted octanol–water partition coefficient (Wildman–Crippen LogP) is 2.93. The molecule has 0 saturated heterocycles. The minimum Gasteiger partial charge on any atom is -0.354 e. The summed E-state index contributed by atoms with van der Waals surface area (Å²) >= 11 is 0. The number of aliphatic imine (C=N–C) groups is 1. The summed E-state index contributed by atoms with van der Waals surface area (Å²) in [4.78, 5) is 8.38. The average Bonchev–Trinajstić information content (AvgIpc) is 3.23. The molecule has 1 aliphatic carbocycles. The molecule has 1 fully saturated rings. The van der Waals surface area contributed by atoms with Crippen LogP contribution in [0.3, 0.4) is 0 Å². The van der Waals surface area contributed by atoms with E-state index in [0.717, 1.165) is 17.3 Å². The fourth-order valence-corrected chi connectivity index (χ4v) is 3.13. The van der Waals surface area contributed by atoms with Gasteiger partial charge in [-0.2, -0.15) is 0 Å². The van der Waals surface area contributed by atoms with Crippen LogP contribution in [0.1, 0.15) is 37.1 Å². The van der Waals surface area contributed by atoms with Crippen molar-refractivity contribution in [3.8, 4) is 5.69 Å². The molecule has 6 heteroatoms. The summed E-state index contributed by atoms with van der Waals surface area (Å²) in [6.07, 6.45) is 8.36. The summed E-state index contributed by atoms with van der Waals surface area (Å²) in [6, 6.07) is 5.77. The van der Waals surface area contributed by atoms with Crippen LogP contribution in [-0.4, -0.2) is 28.6 Å². The molecular weight excluding hydrogens is 305 g/mol. The Labute approximate surface area is 142 Å². The van der Waals surface area contributed by atoms with Crippen LogP contribution in [0.15, 0.2) is 35.6 Å². The predicted molar refractivity (Wildman–Crippen MR) is 93.8 cm³/mol. The molecule has 0 bridgehead atoms. The minimum atomic E-state index is -0.255. The third kappa shape index (κ3) is 3.75. The number of hydrogen-bond donors (Lipinski definition) is 2. The molecule has 1 aromatic heterocycles. The topological polar surface area (TPSA) is 54.2 Å². The van der Waals surface area contributed by atoms with Crippen molar-refractivity contribution in [1.82, 2.24) is 20.2 Å². The summed E-state index contributed by atoms with van der Waals surface area (Å²) in [5, 5.41) is 6.68. The van der Waals surface area contributed by atoms with Crippen molar-refractivity contribution in [2.24, 2.45) is 4.99 Å². The zero-order chi connectivity index (χ0) is 16.9. The fourth-order valence-electron chi connectivity index (χ4n) is 3.13. The molecule has 128 valence electrons. The van der Waals surface area contributed by atoms with E-state index in [0.29, 0.717) is 18.3 Å². The first-order valence-electron chi connectivity index (χ1n) is 8.43. The molecule has 0 radical (unpaired) electrons. The summed E-state index contributed by atoms with van der Waals surface area (Å²) in [7, 11) is 1.76. The van der Waals surface area contributed by atoms with Gasteiger partial charge in [0, 0.05) is 32.0 Å². The Hall–Kier alpha value is -2.37. The molecule has 1 saturated carbocycles.